The molecule has 14 heavy (non-hydrogen) atoms. The van der Waals surface area contributed by atoms with Crippen LogP contribution in [0.4, 0.5) is 0 Å². The molecule has 0 aliphatic heterocycles. The maximum Gasteiger partial charge on any atom is 0.0929 e. The first-order chi connectivity index (χ1) is 6.81. The van der Waals surface area contributed by atoms with Gasteiger partial charge in [-0.05, 0) is 12.5 Å². The Labute approximate surface area is 95.9 Å². The number of aryl methyl sites for hydroxylation is 1. The van der Waals surface area contributed by atoms with E-state index in [1.165, 1.54) is 10.6 Å². The Morgan fingerprint density at radius 3 is 2.79 bits per heavy atom. The van der Waals surface area contributed by atoms with E-state index in [2.05, 4.69) is 39.3 Å². The number of hydrogen-bond donors (Lipinski definition) is 0. The van der Waals surface area contributed by atoms with E-state index >= 15 is 0 Å². The third kappa shape index (κ3) is 1.88. The van der Waals surface area contributed by atoms with Crippen LogP contribution in [0.1, 0.15) is 11.9 Å². The van der Waals surface area contributed by atoms with E-state index in [0.29, 0.717) is 0 Å². The van der Waals surface area contributed by atoms with Crippen LogP contribution in [0.15, 0.2) is 34.1 Å². The molecule has 72 valence electrons. The smallest absolute Gasteiger partial charge is 0.0929 e. The third-order valence-corrected chi connectivity index (χ3v) is 3.69. The summed E-state index contributed by atoms with van der Waals surface area (Å²) in [4.78, 5) is 4.55. The molecule has 1 aromatic heterocycles. The van der Waals surface area contributed by atoms with Gasteiger partial charge in [-0.1, -0.05) is 41.1 Å². The Bertz CT molecular complexity index is 436. The molecule has 0 aliphatic carbocycles. The second-order valence-corrected chi connectivity index (χ2v) is 4.76. The summed E-state index contributed by atoms with van der Waals surface area (Å²) >= 11 is 5.25. The van der Waals surface area contributed by atoms with Crippen molar-refractivity contribution in [2.45, 2.75) is 13.3 Å². The number of aromatic nitrogens is 1. The standard InChI is InChI=1S/C11H10BrNS/c1-2-11-13-10(7-14-11)8-5-3-4-6-9(8)12/h3-7H,2H2,1H3. The Kier molecular flexibility index (Phi) is 2.99. The molecule has 0 saturated heterocycles. The molecule has 1 aromatic carbocycles. The summed E-state index contributed by atoms with van der Waals surface area (Å²) in [6.07, 6.45) is 1.01. The van der Waals surface area contributed by atoms with E-state index in [1.54, 1.807) is 11.3 Å². The zero-order chi connectivity index (χ0) is 9.97. The largest absolute Gasteiger partial charge is 0.241 e. The van der Waals surface area contributed by atoms with Crippen molar-refractivity contribution in [2.75, 3.05) is 0 Å². The average molecular weight is 268 g/mol. The fourth-order valence-corrected chi connectivity index (χ4v) is 2.50. The summed E-state index contributed by atoms with van der Waals surface area (Å²) < 4.78 is 1.10. The van der Waals surface area contributed by atoms with Gasteiger partial charge in [0, 0.05) is 15.4 Å². The van der Waals surface area contributed by atoms with E-state index in [0.717, 1.165) is 16.6 Å². The van der Waals surface area contributed by atoms with Gasteiger partial charge >= 0.3 is 0 Å². The van der Waals surface area contributed by atoms with Gasteiger partial charge in [-0.25, -0.2) is 4.98 Å². The lowest BCUT2D eigenvalue weighted by Gasteiger charge is -1.98. The van der Waals surface area contributed by atoms with Crippen LogP contribution < -0.4 is 0 Å². The quantitative estimate of drug-likeness (QED) is 0.797. The van der Waals surface area contributed by atoms with Gasteiger partial charge in [0.2, 0.25) is 0 Å². The predicted molar refractivity (Wildman–Crippen MR) is 64.6 cm³/mol. The number of thiazole rings is 1. The van der Waals surface area contributed by atoms with E-state index in [1.807, 2.05) is 18.2 Å². The fourth-order valence-electron chi connectivity index (χ4n) is 1.27. The molecule has 1 heterocycles. The topological polar surface area (TPSA) is 12.9 Å². The molecule has 0 amide bonds. The Balaban J connectivity index is 2.44. The first-order valence-electron chi connectivity index (χ1n) is 4.50. The van der Waals surface area contributed by atoms with Crippen LogP contribution >= 0.6 is 27.3 Å². The van der Waals surface area contributed by atoms with Gasteiger partial charge in [0.15, 0.2) is 0 Å². The maximum atomic E-state index is 4.55. The summed E-state index contributed by atoms with van der Waals surface area (Å²) in [5, 5.41) is 3.30. The lowest BCUT2D eigenvalue weighted by atomic mass is 10.2. The van der Waals surface area contributed by atoms with Crippen molar-refractivity contribution in [2.24, 2.45) is 0 Å². The Morgan fingerprint density at radius 1 is 1.36 bits per heavy atom. The highest BCUT2D eigenvalue weighted by Crippen LogP contribution is 2.28. The number of rotatable bonds is 2. The van der Waals surface area contributed by atoms with Gasteiger partial charge in [-0.2, -0.15) is 0 Å². The van der Waals surface area contributed by atoms with Gasteiger partial charge < -0.3 is 0 Å². The lowest BCUT2D eigenvalue weighted by Crippen LogP contribution is -1.81. The van der Waals surface area contributed by atoms with Crippen molar-refractivity contribution < 1.29 is 0 Å². The molecular formula is C11H10BrNS. The van der Waals surface area contributed by atoms with Gasteiger partial charge in [-0.15, -0.1) is 11.3 Å². The minimum atomic E-state index is 1.01. The predicted octanol–water partition coefficient (Wildman–Crippen LogP) is 4.14. The highest BCUT2D eigenvalue weighted by atomic mass is 79.9. The number of halogens is 1. The van der Waals surface area contributed by atoms with E-state index in [-0.39, 0.29) is 0 Å². The van der Waals surface area contributed by atoms with Gasteiger partial charge in [0.1, 0.15) is 0 Å². The SMILES string of the molecule is CCc1nc(-c2ccccc2Br)cs1. The van der Waals surface area contributed by atoms with Crippen LogP contribution in [0.5, 0.6) is 0 Å². The van der Waals surface area contributed by atoms with Gasteiger partial charge in [-0.3, -0.25) is 0 Å². The van der Waals surface area contributed by atoms with Crippen LogP contribution in [0, 0.1) is 0 Å². The molecule has 0 spiro atoms. The maximum absolute atomic E-state index is 4.55. The van der Waals surface area contributed by atoms with Crippen molar-refractivity contribution >= 4 is 27.3 Å². The molecule has 0 fully saturated rings. The van der Waals surface area contributed by atoms with E-state index in [9.17, 15) is 0 Å². The van der Waals surface area contributed by atoms with Crippen molar-refractivity contribution in [1.29, 1.82) is 0 Å². The molecule has 2 aromatic rings. The zero-order valence-electron chi connectivity index (χ0n) is 7.83. The van der Waals surface area contributed by atoms with Crippen LogP contribution in [0.3, 0.4) is 0 Å². The van der Waals surface area contributed by atoms with Gasteiger partial charge in [0.25, 0.3) is 0 Å². The molecule has 0 atom stereocenters. The number of hydrogen-bond acceptors (Lipinski definition) is 2. The normalized spacial score (nSPS) is 10.4. The molecule has 0 unspecified atom stereocenters. The minimum Gasteiger partial charge on any atom is -0.241 e. The average Bonchev–Trinajstić information content (AvgIpc) is 2.67. The summed E-state index contributed by atoms with van der Waals surface area (Å²) in [5.74, 6) is 0. The summed E-state index contributed by atoms with van der Waals surface area (Å²) in [6.45, 7) is 2.13. The van der Waals surface area contributed by atoms with Crippen molar-refractivity contribution in [3.05, 3.63) is 39.1 Å². The Hall–Kier alpha value is -0.670. The molecular weight excluding hydrogens is 258 g/mol. The van der Waals surface area contributed by atoms with Crippen LogP contribution in [-0.4, -0.2) is 4.98 Å². The molecule has 0 bridgehead atoms. The number of nitrogens with zero attached hydrogens (tertiary/aromatic N) is 1. The zero-order valence-corrected chi connectivity index (χ0v) is 10.2. The summed E-state index contributed by atoms with van der Waals surface area (Å²) in [7, 11) is 0. The van der Waals surface area contributed by atoms with Crippen molar-refractivity contribution in [3.63, 3.8) is 0 Å². The fraction of sp³-hybridized carbons (Fsp3) is 0.182. The Morgan fingerprint density at radius 2 is 2.14 bits per heavy atom. The monoisotopic (exact) mass is 267 g/mol. The van der Waals surface area contributed by atoms with E-state index in [4.69, 9.17) is 0 Å². The third-order valence-electron chi connectivity index (χ3n) is 2.00. The molecule has 0 aliphatic rings. The first kappa shape index (κ1) is 9.87. The highest BCUT2D eigenvalue weighted by Gasteiger charge is 2.05. The van der Waals surface area contributed by atoms with Crippen LogP contribution in [0.25, 0.3) is 11.3 Å². The second kappa shape index (κ2) is 4.24. The molecule has 3 heteroatoms. The minimum absolute atomic E-state index is 1.01. The van der Waals surface area contributed by atoms with Crippen LogP contribution in [0.2, 0.25) is 0 Å². The van der Waals surface area contributed by atoms with Gasteiger partial charge in [0.05, 0.1) is 10.7 Å². The highest BCUT2D eigenvalue weighted by molar-refractivity contribution is 9.10. The summed E-state index contributed by atoms with van der Waals surface area (Å²) in [5.41, 5.74) is 2.24. The second-order valence-electron chi connectivity index (χ2n) is 2.96. The molecule has 0 N–H and O–H groups in total. The summed E-state index contributed by atoms with van der Waals surface area (Å²) in [6, 6.07) is 8.17. The lowest BCUT2D eigenvalue weighted by molar-refractivity contribution is 1.10. The van der Waals surface area contributed by atoms with Crippen molar-refractivity contribution in [3.8, 4) is 11.3 Å². The molecule has 0 radical (unpaired) electrons. The number of benzene rings is 1. The van der Waals surface area contributed by atoms with E-state index < -0.39 is 0 Å². The first-order valence-corrected chi connectivity index (χ1v) is 6.18. The molecule has 2 rings (SSSR count). The molecule has 0 saturated carbocycles. The van der Waals surface area contributed by atoms with Crippen molar-refractivity contribution in [1.82, 2.24) is 4.98 Å². The van der Waals surface area contributed by atoms with Crippen LogP contribution in [-0.2, 0) is 6.42 Å². The molecule has 1 nitrogen and oxygen atoms in total.